The van der Waals surface area contributed by atoms with Crippen LogP contribution in [0.1, 0.15) is 13.8 Å². The molecule has 5 heteroatoms. The molecule has 0 saturated heterocycles. The summed E-state index contributed by atoms with van der Waals surface area (Å²) < 4.78 is 37.1. The van der Waals surface area contributed by atoms with E-state index in [0.717, 1.165) is 0 Å². The van der Waals surface area contributed by atoms with Crippen molar-refractivity contribution in [3.8, 4) is 0 Å². The van der Waals surface area contributed by atoms with Gasteiger partial charge in [0.2, 0.25) is 5.82 Å². The summed E-state index contributed by atoms with van der Waals surface area (Å²) in [5, 5.41) is -2.70. The fourth-order valence-electron chi connectivity index (χ4n) is 0.385. The predicted molar refractivity (Wildman–Crippen MR) is 39.1 cm³/mol. The summed E-state index contributed by atoms with van der Waals surface area (Å²) in [4.78, 5) is 0. The van der Waals surface area contributed by atoms with Crippen LogP contribution in [-0.2, 0) is 0 Å². The summed E-state index contributed by atoms with van der Waals surface area (Å²) >= 11 is 0. The molecule has 0 aliphatic heterocycles. The van der Waals surface area contributed by atoms with Crippen molar-refractivity contribution in [2.24, 2.45) is 5.92 Å². The minimum Gasteiger partial charge on any atom is -0.234 e. The lowest BCUT2D eigenvalue weighted by atomic mass is 9.87. The second kappa shape index (κ2) is 2.73. The molecule has 0 rings (SSSR count). The monoisotopic (exact) mass is 168 g/mol. The van der Waals surface area contributed by atoms with Crippen LogP contribution in [0.15, 0.2) is 0 Å². The van der Waals surface area contributed by atoms with Gasteiger partial charge in [-0.25, -0.2) is 13.2 Å². The Labute approximate surface area is 62.2 Å². The average molecular weight is 168 g/mol. The van der Waals surface area contributed by atoms with Crippen LogP contribution >= 0.6 is 9.24 Å². The van der Waals surface area contributed by atoms with E-state index >= 15 is 0 Å². The van der Waals surface area contributed by atoms with Gasteiger partial charge >= 0.3 is 0 Å². The molecule has 2 atom stereocenters. The van der Waals surface area contributed by atoms with Crippen molar-refractivity contribution in [3.05, 3.63) is 0 Å². The van der Waals surface area contributed by atoms with E-state index in [4.69, 9.17) is 0 Å². The molecule has 0 bridgehead atoms. The Morgan fingerprint density at radius 2 is 1.60 bits per heavy atom. The van der Waals surface area contributed by atoms with Crippen molar-refractivity contribution in [2.45, 2.75) is 25.1 Å². The normalized spacial score (nSPS) is 19.1. The van der Waals surface area contributed by atoms with Gasteiger partial charge in [-0.05, 0) is 5.92 Å². The first-order valence-corrected chi connectivity index (χ1v) is 3.42. The first-order chi connectivity index (χ1) is 4.19. The molecule has 2 radical (unpaired) electrons. The third-order valence-corrected chi connectivity index (χ3v) is 2.40. The maximum absolute atomic E-state index is 12.8. The molecule has 0 aliphatic carbocycles. The summed E-state index contributed by atoms with van der Waals surface area (Å²) in [5.74, 6) is -4.61. The predicted octanol–water partition coefficient (Wildman–Crippen LogP) is 1.94. The van der Waals surface area contributed by atoms with E-state index in [-0.39, 0.29) is 0 Å². The van der Waals surface area contributed by atoms with E-state index in [1.54, 1.807) is 0 Å². The molecule has 0 heterocycles. The highest BCUT2D eigenvalue weighted by molar-refractivity contribution is 7.19. The summed E-state index contributed by atoms with van der Waals surface area (Å²) in [5.41, 5.74) is 0. The summed E-state index contributed by atoms with van der Waals surface area (Å²) in [6, 6.07) is 0. The number of rotatable bonds is 2. The molecular weight excluding hydrogens is 159 g/mol. The largest absolute Gasteiger partial charge is 0.236 e. The van der Waals surface area contributed by atoms with Crippen molar-refractivity contribution in [2.75, 3.05) is 0 Å². The van der Waals surface area contributed by atoms with E-state index in [2.05, 4.69) is 7.85 Å². The van der Waals surface area contributed by atoms with Gasteiger partial charge in [-0.1, -0.05) is 23.1 Å². The standard InChI is InChI=1S/C5H9BF3P/c1-3(2)4(7,10)5(6,8)9/h3H,10H2,1-2H3. The maximum atomic E-state index is 12.8. The minimum absolute atomic E-state index is 0.822. The van der Waals surface area contributed by atoms with Crippen molar-refractivity contribution in [1.29, 1.82) is 0 Å². The molecule has 0 aromatic heterocycles. The van der Waals surface area contributed by atoms with Crippen LogP contribution in [0.3, 0.4) is 0 Å². The zero-order valence-electron chi connectivity index (χ0n) is 5.87. The number of hydrogen-bond acceptors (Lipinski definition) is 0. The molecule has 0 aliphatic rings. The van der Waals surface area contributed by atoms with Crippen LogP contribution in [0.5, 0.6) is 0 Å². The van der Waals surface area contributed by atoms with E-state index in [1.807, 2.05) is 0 Å². The van der Waals surface area contributed by atoms with Gasteiger partial charge in [-0.2, -0.15) is 0 Å². The molecule has 0 nitrogen and oxygen atoms in total. The zero-order valence-corrected chi connectivity index (χ0v) is 7.02. The molecule has 2 unspecified atom stereocenters. The molecular formula is C5H9BF3P. The molecule has 0 fully saturated rings. The van der Waals surface area contributed by atoms with Gasteiger partial charge in [0, 0.05) is 0 Å². The molecule has 0 aromatic rings. The van der Waals surface area contributed by atoms with E-state index in [0.29, 0.717) is 0 Å². The third kappa shape index (κ3) is 1.88. The highest BCUT2D eigenvalue weighted by Crippen LogP contribution is 2.41. The fraction of sp³-hybridized carbons (Fsp3) is 1.00. The fourth-order valence-corrected chi connectivity index (χ4v) is 0.385. The number of alkyl halides is 3. The smallest absolute Gasteiger partial charge is 0.234 e. The molecule has 0 saturated carbocycles. The highest BCUT2D eigenvalue weighted by Gasteiger charge is 2.48. The highest BCUT2D eigenvalue weighted by atomic mass is 31.0. The number of hydrogen-bond donors (Lipinski definition) is 0. The molecule has 0 spiro atoms. The molecule has 10 heavy (non-hydrogen) atoms. The van der Waals surface area contributed by atoms with Crippen molar-refractivity contribution in [3.63, 3.8) is 0 Å². The third-order valence-electron chi connectivity index (χ3n) is 1.35. The van der Waals surface area contributed by atoms with Crippen LogP contribution in [0.25, 0.3) is 0 Å². The lowest BCUT2D eigenvalue weighted by Gasteiger charge is -2.31. The van der Waals surface area contributed by atoms with Crippen molar-refractivity contribution >= 4 is 17.1 Å². The second-order valence-corrected chi connectivity index (χ2v) is 3.39. The topological polar surface area (TPSA) is 0 Å². The molecule has 58 valence electrons. The second-order valence-electron chi connectivity index (χ2n) is 2.55. The molecule has 0 N–H and O–H groups in total. The van der Waals surface area contributed by atoms with Gasteiger partial charge in [-0.15, -0.1) is 0 Å². The van der Waals surface area contributed by atoms with Crippen LogP contribution in [0.4, 0.5) is 13.2 Å². The van der Waals surface area contributed by atoms with E-state index in [9.17, 15) is 13.2 Å². The van der Waals surface area contributed by atoms with Crippen LogP contribution in [0, 0.1) is 5.92 Å². The Balaban J connectivity index is 4.40. The Bertz CT molecular complexity index is 119. The first kappa shape index (κ1) is 10.3. The van der Waals surface area contributed by atoms with Gasteiger partial charge in [0.15, 0.2) is 13.3 Å². The Kier molecular flexibility index (Phi) is 2.81. The van der Waals surface area contributed by atoms with Crippen LogP contribution < -0.4 is 0 Å². The van der Waals surface area contributed by atoms with Crippen molar-refractivity contribution < 1.29 is 13.2 Å². The maximum Gasteiger partial charge on any atom is 0.236 e. The van der Waals surface area contributed by atoms with Gasteiger partial charge < -0.3 is 0 Å². The summed E-state index contributed by atoms with van der Waals surface area (Å²) in [6.07, 6.45) is 0. The number of halogens is 3. The lowest BCUT2D eigenvalue weighted by Crippen LogP contribution is -2.43. The molecule has 0 aromatic carbocycles. The van der Waals surface area contributed by atoms with Gasteiger partial charge in [0.25, 0.3) is 0 Å². The Hall–Kier alpha value is 0.285. The van der Waals surface area contributed by atoms with Crippen molar-refractivity contribution in [1.82, 2.24) is 0 Å². The summed E-state index contributed by atoms with van der Waals surface area (Å²) in [7, 11) is 5.72. The zero-order chi connectivity index (χ0) is 8.58. The van der Waals surface area contributed by atoms with Crippen LogP contribution in [-0.4, -0.2) is 19.1 Å². The Morgan fingerprint density at radius 3 is 1.60 bits per heavy atom. The first-order valence-electron chi connectivity index (χ1n) is 2.84. The lowest BCUT2D eigenvalue weighted by molar-refractivity contribution is -0.0397. The van der Waals surface area contributed by atoms with Gasteiger partial charge in [-0.3, -0.25) is 0 Å². The van der Waals surface area contributed by atoms with Gasteiger partial charge in [0.1, 0.15) is 0 Å². The average Bonchev–Trinajstić information content (AvgIpc) is 1.62. The SMILES string of the molecule is [B]C(F)(F)C(F)(P)C(C)C. The summed E-state index contributed by atoms with van der Waals surface area (Å²) in [6.45, 7) is 2.68. The molecule has 0 amide bonds. The van der Waals surface area contributed by atoms with E-state index in [1.165, 1.54) is 23.1 Å². The van der Waals surface area contributed by atoms with E-state index < -0.39 is 17.1 Å². The quantitative estimate of drug-likeness (QED) is 0.436. The Morgan fingerprint density at radius 1 is 1.30 bits per heavy atom. The minimum atomic E-state index is -3.79. The van der Waals surface area contributed by atoms with Crippen LogP contribution in [0.2, 0.25) is 0 Å². The van der Waals surface area contributed by atoms with Gasteiger partial charge in [0.05, 0.1) is 0 Å².